The highest BCUT2D eigenvalue weighted by molar-refractivity contribution is 6.02. The van der Waals surface area contributed by atoms with Crippen molar-refractivity contribution in [3.05, 3.63) is 54.4 Å². The summed E-state index contributed by atoms with van der Waals surface area (Å²) in [6, 6.07) is 11.0. The largest absolute Gasteiger partial charge is 0.462 e. The molecule has 1 aliphatic rings. The number of hydrogen-bond donors (Lipinski definition) is 1. The monoisotopic (exact) mass is 529 g/mol. The number of carbonyl (C=O) groups is 2. The van der Waals surface area contributed by atoms with Gasteiger partial charge in [0.05, 0.1) is 18.0 Å². The Bertz CT molecular complexity index is 1480. The molecule has 3 aromatic heterocycles. The fourth-order valence-corrected chi connectivity index (χ4v) is 5.17. The maximum Gasteiger partial charge on any atom is 0.343 e. The molecule has 2 N–H and O–H groups in total. The van der Waals surface area contributed by atoms with E-state index in [-0.39, 0.29) is 30.0 Å². The molecule has 0 spiro atoms. The molecule has 4 aromatic rings. The number of aromatic nitrogens is 5. The molecule has 204 valence electrons. The Hall–Kier alpha value is -4.21. The quantitative estimate of drug-likeness (QED) is 0.338. The zero-order valence-corrected chi connectivity index (χ0v) is 22.9. The molecule has 10 heteroatoms. The van der Waals surface area contributed by atoms with Gasteiger partial charge in [0.15, 0.2) is 11.5 Å². The van der Waals surface area contributed by atoms with Crippen molar-refractivity contribution in [2.24, 2.45) is 11.8 Å². The first-order valence-electron chi connectivity index (χ1n) is 13.6. The average Bonchev–Trinajstić information content (AvgIpc) is 3.55. The lowest BCUT2D eigenvalue weighted by Crippen LogP contribution is -2.43. The van der Waals surface area contributed by atoms with Gasteiger partial charge in [-0.1, -0.05) is 19.1 Å². The van der Waals surface area contributed by atoms with Crippen LogP contribution in [0.5, 0.6) is 0 Å². The molecule has 1 saturated carbocycles. The van der Waals surface area contributed by atoms with Gasteiger partial charge in [0.1, 0.15) is 11.4 Å². The molecule has 0 atom stereocenters. The van der Waals surface area contributed by atoms with Crippen LogP contribution in [-0.4, -0.2) is 48.9 Å². The van der Waals surface area contributed by atoms with E-state index in [4.69, 9.17) is 15.6 Å². The summed E-state index contributed by atoms with van der Waals surface area (Å²) in [5, 5.41) is 9.32. The van der Waals surface area contributed by atoms with E-state index in [0.29, 0.717) is 23.2 Å². The van der Waals surface area contributed by atoms with Gasteiger partial charge in [0, 0.05) is 36.0 Å². The summed E-state index contributed by atoms with van der Waals surface area (Å²) in [5.41, 5.74) is 9.30. The third-order valence-electron chi connectivity index (χ3n) is 7.35. The highest BCUT2D eigenvalue weighted by atomic mass is 16.5. The summed E-state index contributed by atoms with van der Waals surface area (Å²) in [4.78, 5) is 32.7. The first-order chi connectivity index (χ1) is 18.8. The molecule has 1 aliphatic carbocycles. The minimum atomic E-state index is -0.499. The topological polar surface area (TPSA) is 121 Å². The van der Waals surface area contributed by atoms with Crippen molar-refractivity contribution in [2.45, 2.75) is 59.4 Å². The Kier molecular flexibility index (Phi) is 7.36. The zero-order chi connectivity index (χ0) is 27.7. The lowest BCUT2D eigenvalue weighted by molar-refractivity contribution is -0.124. The maximum atomic E-state index is 13.7. The molecule has 10 nitrogen and oxygen atoms in total. The average molecular weight is 530 g/mol. The van der Waals surface area contributed by atoms with Gasteiger partial charge in [-0.15, -0.1) is 5.10 Å². The summed E-state index contributed by atoms with van der Waals surface area (Å²) in [6.07, 6.45) is 7.06. The molecule has 1 amide bonds. The number of nitrogen functional groups attached to an aromatic ring is 1. The van der Waals surface area contributed by atoms with Crippen LogP contribution >= 0.6 is 0 Å². The van der Waals surface area contributed by atoms with Gasteiger partial charge in [0.2, 0.25) is 5.91 Å². The maximum absolute atomic E-state index is 13.7. The predicted molar refractivity (Wildman–Crippen MR) is 150 cm³/mol. The van der Waals surface area contributed by atoms with Crippen molar-refractivity contribution in [2.75, 3.05) is 17.2 Å². The minimum absolute atomic E-state index is 0.0165. The van der Waals surface area contributed by atoms with Gasteiger partial charge in [-0.25, -0.2) is 14.5 Å². The number of fused-ring (bicyclic) bond motifs is 1. The van der Waals surface area contributed by atoms with Crippen LogP contribution in [-0.2, 0) is 9.53 Å². The van der Waals surface area contributed by atoms with E-state index < -0.39 is 5.97 Å². The third-order valence-corrected chi connectivity index (χ3v) is 7.35. The number of benzene rings is 1. The predicted octanol–water partition coefficient (Wildman–Crippen LogP) is 4.91. The highest BCUT2D eigenvalue weighted by Crippen LogP contribution is 2.33. The van der Waals surface area contributed by atoms with Crippen molar-refractivity contribution in [3.8, 4) is 16.9 Å². The van der Waals surface area contributed by atoms with Gasteiger partial charge >= 0.3 is 5.97 Å². The Morgan fingerprint density at radius 2 is 1.82 bits per heavy atom. The summed E-state index contributed by atoms with van der Waals surface area (Å²) in [5.74, 6) is 0.914. The summed E-state index contributed by atoms with van der Waals surface area (Å²) in [7, 11) is 0. The SMILES string of the molecule is CCOC(=O)c1cn(-c2ccc(-c3cc4nccc(N)n4n3)cc2)nc1N(C(=O)[C@H]1CC[C@H](C)CC1)C(C)C. The van der Waals surface area contributed by atoms with Gasteiger partial charge in [0.25, 0.3) is 0 Å². The van der Waals surface area contributed by atoms with Crippen LogP contribution in [0.1, 0.15) is 63.7 Å². The number of ether oxygens (including phenoxy) is 1. The lowest BCUT2D eigenvalue weighted by Gasteiger charge is -2.32. The smallest absolute Gasteiger partial charge is 0.343 e. The molecule has 3 heterocycles. The fourth-order valence-electron chi connectivity index (χ4n) is 5.17. The number of anilines is 2. The summed E-state index contributed by atoms with van der Waals surface area (Å²) < 4.78 is 8.57. The summed E-state index contributed by atoms with van der Waals surface area (Å²) in [6.45, 7) is 8.11. The number of nitrogens with zero attached hydrogens (tertiary/aromatic N) is 6. The second-order valence-corrected chi connectivity index (χ2v) is 10.5. The van der Waals surface area contributed by atoms with E-state index in [1.54, 1.807) is 39.5 Å². The molecule has 0 radical (unpaired) electrons. The van der Waals surface area contributed by atoms with E-state index in [2.05, 4.69) is 17.0 Å². The van der Waals surface area contributed by atoms with E-state index in [1.807, 2.05) is 44.2 Å². The van der Waals surface area contributed by atoms with E-state index in [1.165, 1.54) is 0 Å². The number of esters is 1. The molecular formula is C29H35N7O3. The van der Waals surface area contributed by atoms with Crippen LogP contribution in [0, 0.1) is 11.8 Å². The molecule has 0 bridgehead atoms. The number of amides is 1. The van der Waals surface area contributed by atoms with Crippen LogP contribution in [0.4, 0.5) is 11.6 Å². The van der Waals surface area contributed by atoms with E-state index in [9.17, 15) is 9.59 Å². The molecule has 0 saturated heterocycles. The van der Waals surface area contributed by atoms with Crippen molar-refractivity contribution < 1.29 is 14.3 Å². The molecule has 1 aromatic carbocycles. The Labute approximate surface area is 227 Å². The minimum Gasteiger partial charge on any atom is -0.462 e. The van der Waals surface area contributed by atoms with Crippen molar-refractivity contribution >= 4 is 29.2 Å². The van der Waals surface area contributed by atoms with E-state index in [0.717, 1.165) is 42.6 Å². The van der Waals surface area contributed by atoms with Gasteiger partial charge in [-0.05, 0) is 70.6 Å². The van der Waals surface area contributed by atoms with Crippen LogP contribution in [0.2, 0.25) is 0 Å². The fraction of sp³-hybridized carbons (Fsp3) is 0.414. The molecule has 0 unspecified atom stereocenters. The van der Waals surface area contributed by atoms with E-state index >= 15 is 0 Å². The van der Waals surface area contributed by atoms with Crippen molar-refractivity contribution in [3.63, 3.8) is 0 Å². The van der Waals surface area contributed by atoms with Crippen LogP contribution in [0.3, 0.4) is 0 Å². The van der Waals surface area contributed by atoms with Gasteiger partial charge in [-0.3, -0.25) is 9.69 Å². The van der Waals surface area contributed by atoms with Crippen LogP contribution in [0.25, 0.3) is 22.6 Å². The standard InChI is InChI=1S/C29H35N7O3/c1-5-39-29(38)23-17-34(33-27(23)35(18(2)3)28(37)21-8-6-19(4)7-9-21)22-12-10-20(11-13-22)24-16-26-31-15-14-25(30)36(26)32-24/h10-19,21H,5-9,30H2,1-4H3/t19-,21-. The van der Waals surface area contributed by atoms with Gasteiger partial charge < -0.3 is 10.5 Å². The number of nitrogens with two attached hydrogens (primary N) is 1. The van der Waals surface area contributed by atoms with Crippen LogP contribution in [0.15, 0.2) is 48.8 Å². The first kappa shape index (κ1) is 26.4. The molecule has 5 rings (SSSR count). The Morgan fingerprint density at radius 1 is 1.10 bits per heavy atom. The normalized spacial score (nSPS) is 17.5. The second kappa shape index (κ2) is 10.9. The zero-order valence-electron chi connectivity index (χ0n) is 22.9. The number of hydrogen-bond acceptors (Lipinski definition) is 7. The molecule has 1 fully saturated rings. The van der Waals surface area contributed by atoms with Crippen molar-refractivity contribution in [1.82, 2.24) is 24.4 Å². The molecular weight excluding hydrogens is 494 g/mol. The molecule has 39 heavy (non-hydrogen) atoms. The van der Waals surface area contributed by atoms with Gasteiger partial charge in [-0.2, -0.15) is 9.61 Å². The number of rotatable bonds is 7. The highest BCUT2D eigenvalue weighted by Gasteiger charge is 2.34. The molecule has 0 aliphatic heterocycles. The Morgan fingerprint density at radius 3 is 2.46 bits per heavy atom. The summed E-state index contributed by atoms with van der Waals surface area (Å²) >= 11 is 0. The van der Waals surface area contributed by atoms with Crippen LogP contribution < -0.4 is 10.6 Å². The second-order valence-electron chi connectivity index (χ2n) is 10.5. The number of carbonyl (C=O) groups excluding carboxylic acids is 2. The Balaban J connectivity index is 1.49. The first-order valence-corrected chi connectivity index (χ1v) is 13.6. The van der Waals surface area contributed by atoms with Crippen molar-refractivity contribution in [1.29, 1.82) is 0 Å². The third kappa shape index (κ3) is 5.23. The lowest BCUT2D eigenvalue weighted by atomic mass is 9.82.